The van der Waals surface area contributed by atoms with Crippen LogP contribution in [0.25, 0.3) is 0 Å². The van der Waals surface area contributed by atoms with E-state index >= 15 is 0 Å². The van der Waals surface area contributed by atoms with Crippen molar-refractivity contribution >= 4 is 11.8 Å². The fraction of sp³-hybridized carbons (Fsp3) is 0.833. The number of nitrogens with one attached hydrogen (secondary N) is 2. The molecule has 6 heteroatoms. The quantitative estimate of drug-likeness (QED) is 0.599. The largest absolute Gasteiger partial charge is 0.381 e. The van der Waals surface area contributed by atoms with Gasteiger partial charge in [-0.2, -0.15) is 0 Å². The Morgan fingerprint density at radius 3 is 2.50 bits per heavy atom. The van der Waals surface area contributed by atoms with Crippen LogP contribution in [0.4, 0.5) is 0 Å². The van der Waals surface area contributed by atoms with E-state index in [1.807, 2.05) is 13.8 Å². The lowest BCUT2D eigenvalue weighted by Gasteiger charge is -2.26. The SMILES string of the molecule is CC(C)(CC(N)=O)NCC(=O)NC1CCOCC1. The van der Waals surface area contributed by atoms with Crippen LogP contribution in [0.3, 0.4) is 0 Å². The Morgan fingerprint density at radius 2 is 1.94 bits per heavy atom. The first kappa shape index (κ1) is 14.9. The second-order valence-corrected chi connectivity index (χ2v) is 5.33. The number of carbonyl (C=O) groups is 2. The second-order valence-electron chi connectivity index (χ2n) is 5.33. The van der Waals surface area contributed by atoms with Crippen molar-refractivity contribution in [2.45, 2.75) is 44.7 Å². The van der Waals surface area contributed by atoms with E-state index in [0.29, 0.717) is 13.2 Å². The van der Waals surface area contributed by atoms with E-state index in [1.54, 1.807) is 0 Å². The molecule has 0 unspecified atom stereocenters. The Hall–Kier alpha value is -1.14. The van der Waals surface area contributed by atoms with Crippen molar-refractivity contribution in [3.63, 3.8) is 0 Å². The van der Waals surface area contributed by atoms with Crippen LogP contribution in [-0.4, -0.2) is 43.2 Å². The molecule has 6 nitrogen and oxygen atoms in total. The second kappa shape index (κ2) is 6.70. The number of nitrogens with two attached hydrogens (primary N) is 1. The summed E-state index contributed by atoms with van der Waals surface area (Å²) in [4.78, 5) is 22.6. The highest BCUT2D eigenvalue weighted by Gasteiger charge is 2.22. The van der Waals surface area contributed by atoms with E-state index in [-0.39, 0.29) is 30.8 Å². The van der Waals surface area contributed by atoms with Gasteiger partial charge in [0.2, 0.25) is 11.8 Å². The Morgan fingerprint density at radius 1 is 1.33 bits per heavy atom. The summed E-state index contributed by atoms with van der Waals surface area (Å²) in [5.74, 6) is -0.434. The van der Waals surface area contributed by atoms with E-state index in [9.17, 15) is 9.59 Å². The molecule has 0 aromatic carbocycles. The van der Waals surface area contributed by atoms with Crippen molar-refractivity contribution in [2.24, 2.45) is 5.73 Å². The molecule has 0 saturated carbocycles. The molecule has 1 fully saturated rings. The van der Waals surface area contributed by atoms with Crippen molar-refractivity contribution < 1.29 is 14.3 Å². The average Bonchev–Trinajstić information content (AvgIpc) is 2.26. The lowest BCUT2D eigenvalue weighted by molar-refractivity contribution is -0.123. The summed E-state index contributed by atoms with van der Waals surface area (Å²) in [6, 6.07) is 0.201. The van der Waals surface area contributed by atoms with Gasteiger partial charge in [0.1, 0.15) is 0 Å². The maximum Gasteiger partial charge on any atom is 0.234 e. The minimum Gasteiger partial charge on any atom is -0.381 e. The molecule has 1 rings (SSSR count). The first-order chi connectivity index (χ1) is 8.39. The number of carbonyl (C=O) groups excluding carboxylic acids is 2. The third kappa shape index (κ3) is 5.97. The van der Waals surface area contributed by atoms with Gasteiger partial charge >= 0.3 is 0 Å². The summed E-state index contributed by atoms with van der Waals surface area (Å²) >= 11 is 0. The molecular weight excluding hydrogens is 234 g/mol. The zero-order chi connectivity index (χ0) is 13.6. The number of rotatable bonds is 6. The highest BCUT2D eigenvalue weighted by Crippen LogP contribution is 2.08. The fourth-order valence-electron chi connectivity index (χ4n) is 1.94. The molecule has 1 heterocycles. The molecule has 0 radical (unpaired) electrons. The predicted octanol–water partition coefficient (Wildman–Crippen LogP) is -0.475. The van der Waals surface area contributed by atoms with Gasteiger partial charge in [-0.15, -0.1) is 0 Å². The van der Waals surface area contributed by atoms with Gasteiger partial charge in [-0.1, -0.05) is 0 Å². The zero-order valence-corrected chi connectivity index (χ0v) is 11.1. The highest BCUT2D eigenvalue weighted by atomic mass is 16.5. The van der Waals surface area contributed by atoms with E-state index < -0.39 is 5.54 Å². The number of amides is 2. The molecule has 1 aliphatic rings. The minimum atomic E-state index is -0.459. The molecule has 2 amide bonds. The number of hydrogen-bond donors (Lipinski definition) is 3. The number of primary amides is 1. The van der Waals surface area contributed by atoms with Crippen LogP contribution in [0.1, 0.15) is 33.1 Å². The molecule has 104 valence electrons. The molecule has 0 aromatic heterocycles. The summed E-state index contributed by atoms with van der Waals surface area (Å²) in [5.41, 5.74) is 4.68. The normalized spacial score (nSPS) is 17.4. The first-order valence-corrected chi connectivity index (χ1v) is 6.29. The van der Waals surface area contributed by atoms with Gasteiger partial charge in [-0.05, 0) is 26.7 Å². The zero-order valence-electron chi connectivity index (χ0n) is 11.1. The molecule has 0 atom stereocenters. The van der Waals surface area contributed by atoms with Crippen LogP contribution in [0.5, 0.6) is 0 Å². The molecular formula is C12H23N3O3. The van der Waals surface area contributed by atoms with E-state index in [0.717, 1.165) is 12.8 Å². The van der Waals surface area contributed by atoms with Gasteiger partial charge in [0.15, 0.2) is 0 Å². The topological polar surface area (TPSA) is 93.5 Å². The van der Waals surface area contributed by atoms with Crippen LogP contribution in [-0.2, 0) is 14.3 Å². The van der Waals surface area contributed by atoms with Gasteiger partial charge < -0.3 is 21.1 Å². The Labute approximate surface area is 108 Å². The third-order valence-electron chi connectivity index (χ3n) is 2.93. The van der Waals surface area contributed by atoms with Crippen LogP contribution >= 0.6 is 0 Å². The van der Waals surface area contributed by atoms with E-state index in [2.05, 4.69) is 10.6 Å². The molecule has 0 bridgehead atoms. The fourth-order valence-corrected chi connectivity index (χ4v) is 1.94. The van der Waals surface area contributed by atoms with Gasteiger partial charge in [0.05, 0.1) is 6.54 Å². The first-order valence-electron chi connectivity index (χ1n) is 6.29. The van der Waals surface area contributed by atoms with Crippen molar-refractivity contribution in [1.82, 2.24) is 10.6 Å². The van der Waals surface area contributed by atoms with Gasteiger partial charge in [0, 0.05) is 31.2 Å². The Balaban J connectivity index is 2.25. The third-order valence-corrected chi connectivity index (χ3v) is 2.93. The summed E-state index contributed by atoms with van der Waals surface area (Å²) < 4.78 is 5.22. The van der Waals surface area contributed by atoms with Crippen LogP contribution in [0, 0.1) is 0 Å². The standard InChI is InChI=1S/C12H23N3O3/c1-12(2,7-10(13)16)14-8-11(17)15-9-3-5-18-6-4-9/h9,14H,3-8H2,1-2H3,(H2,13,16)(H,15,17). The monoisotopic (exact) mass is 257 g/mol. The Bertz CT molecular complexity index is 299. The average molecular weight is 257 g/mol. The van der Waals surface area contributed by atoms with Crippen LogP contribution in [0.2, 0.25) is 0 Å². The maximum atomic E-state index is 11.7. The van der Waals surface area contributed by atoms with Crippen molar-refractivity contribution in [2.75, 3.05) is 19.8 Å². The molecule has 1 aliphatic heterocycles. The predicted molar refractivity (Wildman–Crippen MR) is 67.9 cm³/mol. The van der Waals surface area contributed by atoms with Gasteiger partial charge in [-0.3, -0.25) is 9.59 Å². The molecule has 0 spiro atoms. The smallest absolute Gasteiger partial charge is 0.234 e. The van der Waals surface area contributed by atoms with Crippen LogP contribution < -0.4 is 16.4 Å². The molecule has 18 heavy (non-hydrogen) atoms. The summed E-state index contributed by atoms with van der Waals surface area (Å²) in [6.07, 6.45) is 1.92. The van der Waals surface area contributed by atoms with Crippen molar-refractivity contribution in [3.05, 3.63) is 0 Å². The van der Waals surface area contributed by atoms with Gasteiger partial charge in [-0.25, -0.2) is 0 Å². The lowest BCUT2D eigenvalue weighted by Crippen LogP contribution is -2.49. The molecule has 4 N–H and O–H groups in total. The summed E-state index contributed by atoms with van der Waals surface area (Å²) in [5, 5.41) is 5.98. The maximum absolute atomic E-state index is 11.7. The van der Waals surface area contributed by atoms with Crippen molar-refractivity contribution in [1.29, 1.82) is 0 Å². The van der Waals surface area contributed by atoms with Crippen LogP contribution in [0.15, 0.2) is 0 Å². The van der Waals surface area contributed by atoms with E-state index in [1.165, 1.54) is 0 Å². The molecule has 1 saturated heterocycles. The lowest BCUT2D eigenvalue weighted by atomic mass is 10.0. The summed E-state index contributed by atoms with van der Waals surface area (Å²) in [7, 11) is 0. The molecule has 0 aliphatic carbocycles. The minimum absolute atomic E-state index is 0.0561. The number of ether oxygens (including phenoxy) is 1. The van der Waals surface area contributed by atoms with E-state index in [4.69, 9.17) is 10.5 Å². The van der Waals surface area contributed by atoms with Crippen molar-refractivity contribution in [3.8, 4) is 0 Å². The Kier molecular flexibility index (Phi) is 5.55. The number of hydrogen-bond acceptors (Lipinski definition) is 4. The highest BCUT2D eigenvalue weighted by molar-refractivity contribution is 5.79. The summed E-state index contributed by atoms with van der Waals surface area (Å²) in [6.45, 7) is 5.29. The van der Waals surface area contributed by atoms with Gasteiger partial charge in [0.25, 0.3) is 0 Å². The molecule has 0 aromatic rings.